The lowest BCUT2D eigenvalue weighted by atomic mass is 10.1. The molecule has 0 spiro atoms. The van der Waals surface area contributed by atoms with Crippen molar-refractivity contribution < 1.29 is 13.6 Å². The van der Waals surface area contributed by atoms with Crippen LogP contribution in [-0.4, -0.2) is 11.7 Å². The Kier molecular flexibility index (Phi) is 5.16. The van der Waals surface area contributed by atoms with E-state index in [-0.39, 0.29) is 0 Å². The highest BCUT2D eigenvalue weighted by Gasteiger charge is 2.05. The molecule has 0 aliphatic rings. The Balaban J connectivity index is 1.96. The monoisotopic (exact) mass is 308 g/mol. The minimum atomic E-state index is -2.42. The van der Waals surface area contributed by atoms with Crippen LogP contribution < -0.4 is 11.1 Å². The molecule has 0 aliphatic heterocycles. The largest absolute Gasteiger partial charge is 0.381 e. The first-order valence-corrected chi connectivity index (χ1v) is 7.10. The number of rotatable bonds is 6. The van der Waals surface area contributed by atoms with Gasteiger partial charge in [-0.2, -0.15) is 8.78 Å². The maximum atomic E-state index is 12.2. The molecule has 0 unspecified atom stereocenters. The molecule has 0 saturated carbocycles. The summed E-state index contributed by atoms with van der Waals surface area (Å²) < 4.78 is 24.4. The molecule has 0 bridgehead atoms. The number of nitrogens with two attached hydrogens (primary N) is 1. The van der Waals surface area contributed by atoms with Crippen LogP contribution in [0.1, 0.15) is 15.9 Å². The maximum absolute atomic E-state index is 12.2. The van der Waals surface area contributed by atoms with Gasteiger partial charge in [-0.1, -0.05) is 23.9 Å². The number of halogens is 2. The number of benzene rings is 2. The molecular weight excluding hydrogens is 294 g/mol. The average Bonchev–Trinajstić information content (AvgIpc) is 2.46. The first-order valence-electron chi connectivity index (χ1n) is 6.22. The molecule has 0 aliphatic carbocycles. The van der Waals surface area contributed by atoms with Crippen molar-refractivity contribution >= 4 is 23.4 Å². The van der Waals surface area contributed by atoms with E-state index >= 15 is 0 Å². The number of carbonyl (C=O) groups excluding carboxylic acids is 1. The zero-order valence-corrected chi connectivity index (χ0v) is 11.9. The Morgan fingerprint density at radius 3 is 2.52 bits per heavy atom. The van der Waals surface area contributed by atoms with E-state index in [4.69, 9.17) is 5.73 Å². The van der Waals surface area contributed by atoms with Crippen molar-refractivity contribution in [2.45, 2.75) is 17.2 Å². The Labute approximate surface area is 125 Å². The zero-order valence-electron chi connectivity index (χ0n) is 11.1. The summed E-state index contributed by atoms with van der Waals surface area (Å²) in [5.74, 6) is -2.88. The highest BCUT2D eigenvalue weighted by Crippen LogP contribution is 2.26. The van der Waals surface area contributed by atoms with E-state index in [0.29, 0.717) is 28.8 Å². The van der Waals surface area contributed by atoms with Crippen LogP contribution in [0.5, 0.6) is 0 Å². The molecular formula is C15H14F2N2OS. The van der Waals surface area contributed by atoms with Gasteiger partial charge in [-0.15, -0.1) is 0 Å². The van der Waals surface area contributed by atoms with Gasteiger partial charge in [0.05, 0.1) is 0 Å². The number of anilines is 1. The highest BCUT2D eigenvalue weighted by molar-refractivity contribution is 7.99. The van der Waals surface area contributed by atoms with Crippen molar-refractivity contribution in [1.29, 1.82) is 0 Å². The predicted molar refractivity (Wildman–Crippen MR) is 80.6 cm³/mol. The molecule has 2 aromatic rings. The number of hydrogen-bond donors (Lipinski definition) is 2. The van der Waals surface area contributed by atoms with E-state index in [0.717, 1.165) is 11.3 Å². The lowest BCUT2D eigenvalue weighted by Crippen LogP contribution is -2.11. The molecule has 6 heteroatoms. The van der Waals surface area contributed by atoms with Gasteiger partial charge in [-0.3, -0.25) is 4.79 Å². The van der Waals surface area contributed by atoms with E-state index in [9.17, 15) is 13.6 Å². The molecule has 0 heterocycles. The summed E-state index contributed by atoms with van der Waals surface area (Å²) in [4.78, 5) is 11.6. The van der Waals surface area contributed by atoms with Crippen molar-refractivity contribution in [3.63, 3.8) is 0 Å². The number of amides is 1. The topological polar surface area (TPSA) is 55.1 Å². The SMILES string of the molecule is NC(=O)c1cccc(CNc2ccc(SC(F)F)cc2)c1. The lowest BCUT2D eigenvalue weighted by Gasteiger charge is -2.08. The number of primary amides is 1. The molecule has 0 radical (unpaired) electrons. The van der Waals surface area contributed by atoms with Crippen LogP contribution in [-0.2, 0) is 6.54 Å². The number of alkyl halides is 2. The lowest BCUT2D eigenvalue weighted by molar-refractivity contribution is 0.1000. The predicted octanol–water partition coefficient (Wildman–Crippen LogP) is 3.71. The molecule has 1 amide bonds. The van der Waals surface area contributed by atoms with Gasteiger partial charge in [0.1, 0.15) is 0 Å². The summed E-state index contributed by atoms with van der Waals surface area (Å²) in [6, 6.07) is 13.8. The van der Waals surface area contributed by atoms with Gasteiger partial charge in [0.2, 0.25) is 5.91 Å². The summed E-state index contributed by atoms with van der Waals surface area (Å²) in [5, 5.41) is 3.16. The van der Waals surface area contributed by atoms with Crippen molar-refractivity contribution in [2.24, 2.45) is 5.73 Å². The second-order valence-electron chi connectivity index (χ2n) is 4.32. The molecule has 2 rings (SSSR count). The summed E-state index contributed by atoms with van der Waals surface area (Å²) >= 11 is 0.514. The minimum Gasteiger partial charge on any atom is -0.381 e. The Hall–Kier alpha value is -2.08. The van der Waals surface area contributed by atoms with Crippen LogP contribution in [0.4, 0.5) is 14.5 Å². The van der Waals surface area contributed by atoms with Crippen LogP contribution in [0.25, 0.3) is 0 Å². The van der Waals surface area contributed by atoms with Gasteiger partial charge < -0.3 is 11.1 Å². The van der Waals surface area contributed by atoms with Crippen LogP contribution >= 0.6 is 11.8 Å². The second-order valence-corrected chi connectivity index (χ2v) is 5.38. The van der Waals surface area contributed by atoms with Crippen LogP contribution in [0.3, 0.4) is 0 Å². The fraction of sp³-hybridized carbons (Fsp3) is 0.133. The molecule has 21 heavy (non-hydrogen) atoms. The molecule has 0 saturated heterocycles. The van der Waals surface area contributed by atoms with Gasteiger partial charge in [0.25, 0.3) is 5.76 Å². The summed E-state index contributed by atoms with van der Waals surface area (Å²) in [7, 11) is 0. The van der Waals surface area contributed by atoms with Crippen molar-refractivity contribution in [1.82, 2.24) is 0 Å². The number of carbonyl (C=O) groups is 1. The summed E-state index contributed by atoms with van der Waals surface area (Å²) in [5.41, 5.74) is 7.41. The van der Waals surface area contributed by atoms with E-state index in [1.807, 2.05) is 6.07 Å². The van der Waals surface area contributed by atoms with E-state index < -0.39 is 11.7 Å². The highest BCUT2D eigenvalue weighted by atomic mass is 32.2. The third kappa shape index (κ3) is 4.75. The zero-order chi connectivity index (χ0) is 15.2. The van der Waals surface area contributed by atoms with Crippen LogP contribution in [0.15, 0.2) is 53.4 Å². The van der Waals surface area contributed by atoms with Gasteiger partial charge in [0, 0.05) is 22.7 Å². The number of hydrogen-bond acceptors (Lipinski definition) is 3. The second kappa shape index (κ2) is 7.08. The quantitative estimate of drug-likeness (QED) is 0.800. The fourth-order valence-electron chi connectivity index (χ4n) is 1.79. The first-order chi connectivity index (χ1) is 10.0. The summed E-state index contributed by atoms with van der Waals surface area (Å²) in [6.07, 6.45) is 0. The third-order valence-corrected chi connectivity index (χ3v) is 3.51. The molecule has 110 valence electrons. The van der Waals surface area contributed by atoms with Crippen molar-refractivity contribution in [3.8, 4) is 0 Å². The average molecular weight is 308 g/mol. The standard InChI is InChI=1S/C15H14F2N2OS/c16-15(17)21-13-6-4-12(5-7-13)19-9-10-2-1-3-11(8-10)14(18)20/h1-8,15,19H,9H2,(H2,18,20). The van der Waals surface area contributed by atoms with Crippen LogP contribution in [0.2, 0.25) is 0 Å². The normalized spacial score (nSPS) is 10.6. The van der Waals surface area contributed by atoms with Crippen molar-refractivity contribution in [3.05, 3.63) is 59.7 Å². The number of nitrogens with one attached hydrogen (secondary N) is 1. The summed E-state index contributed by atoms with van der Waals surface area (Å²) in [6.45, 7) is 0.516. The Morgan fingerprint density at radius 1 is 1.19 bits per heavy atom. The van der Waals surface area contributed by atoms with Crippen molar-refractivity contribution in [2.75, 3.05) is 5.32 Å². The smallest absolute Gasteiger partial charge is 0.288 e. The molecule has 0 aromatic heterocycles. The van der Waals surface area contributed by atoms with E-state index in [2.05, 4.69) is 5.32 Å². The Bertz CT molecular complexity index is 617. The van der Waals surface area contributed by atoms with Gasteiger partial charge >= 0.3 is 0 Å². The fourth-order valence-corrected chi connectivity index (χ4v) is 2.29. The van der Waals surface area contributed by atoms with E-state index in [1.165, 1.54) is 0 Å². The molecule has 3 N–H and O–H groups in total. The molecule has 3 nitrogen and oxygen atoms in total. The first kappa shape index (κ1) is 15.3. The van der Waals surface area contributed by atoms with Crippen LogP contribution in [0, 0.1) is 0 Å². The van der Waals surface area contributed by atoms with E-state index in [1.54, 1.807) is 42.5 Å². The molecule has 2 aromatic carbocycles. The maximum Gasteiger partial charge on any atom is 0.288 e. The van der Waals surface area contributed by atoms with Gasteiger partial charge in [-0.05, 0) is 42.0 Å². The van der Waals surface area contributed by atoms with Gasteiger partial charge in [-0.25, -0.2) is 0 Å². The number of thioether (sulfide) groups is 1. The third-order valence-electron chi connectivity index (χ3n) is 2.79. The van der Waals surface area contributed by atoms with Gasteiger partial charge in [0.15, 0.2) is 0 Å². The minimum absolute atomic E-state index is 0.456. The Morgan fingerprint density at radius 2 is 1.90 bits per heavy atom. The molecule has 0 fully saturated rings. The molecule has 0 atom stereocenters.